The molecule has 0 spiro atoms. The summed E-state index contributed by atoms with van der Waals surface area (Å²) in [5.41, 5.74) is 0. The van der Waals surface area contributed by atoms with Gasteiger partial charge in [-0.2, -0.15) is 0 Å². The van der Waals surface area contributed by atoms with Crippen LogP contribution in [-0.2, 0) is 4.79 Å². The van der Waals surface area contributed by atoms with Crippen LogP contribution >= 0.6 is 11.6 Å². The fraction of sp³-hybridized carbons (Fsp3) is 0.118. The molecule has 2 rings (SSSR count). The third-order valence-corrected chi connectivity index (χ3v) is 2.96. The van der Waals surface area contributed by atoms with Crippen molar-refractivity contribution in [2.24, 2.45) is 0 Å². The minimum Gasteiger partial charge on any atom is -0.487 e. The molecule has 2 aromatic rings. The molecule has 4 nitrogen and oxygen atoms in total. The highest BCUT2D eigenvalue weighted by Gasteiger charge is 2.02. The molecule has 0 aliphatic heterocycles. The third kappa shape index (κ3) is 5.14. The summed E-state index contributed by atoms with van der Waals surface area (Å²) in [4.78, 5) is 10.4. The van der Waals surface area contributed by atoms with Crippen molar-refractivity contribution in [1.29, 1.82) is 0 Å². The van der Waals surface area contributed by atoms with Crippen LogP contribution in [0.15, 0.2) is 60.7 Å². The molecule has 0 aliphatic rings. The van der Waals surface area contributed by atoms with Crippen molar-refractivity contribution >= 4 is 17.6 Å². The third-order valence-electron chi connectivity index (χ3n) is 2.70. The molecule has 0 fully saturated rings. The van der Waals surface area contributed by atoms with E-state index in [0.29, 0.717) is 22.3 Å². The van der Waals surface area contributed by atoms with Crippen LogP contribution in [0.4, 0.5) is 0 Å². The van der Waals surface area contributed by atoms with Gasteiger partial charge in [-0.25, -0.2) is 4.79 Å². The van der Waals surface area contributed by atoms with Crippen molar-refractivity contribution in [3.63, 3.8) is 0 Å². The van der Waals surface area contributed by atoms with E-state index >= 15 is 0 Å². The number of hydrogen-bond donors (Lipinski definition) is 1. The molecule has 0 heterocycles. The number of hydrogen-bond acceptors (Lipinski definition) is 3. The summed E-state index contributed by atoms with van der Waals surface area (Å²) < 4.78 is 11.2. The molecule has 5 heteroatoms. The van der Waals surface area contributed by atoms with E-state index in [0.717, 1.165) is 6.08 Å². The lowest BCUT2D eigenvalue weighted by molar-refractivity contribution is -0.131. The molecule has 114 valence electrons. The Labute approximate surface area is 133 Å². The van der Waals surface area contributed by atoms with E-state index in [9.17, 15) is 4.79 Å². The number of carboxylic acids is 1. The number of aliphatic carboxylic acids is 1. The maximum atomic E-state index is 10.4. The van der Waals surface area contributed by atoms with Gasteiger partial charge in [0.2, 0.25) is 0 Å². The standard InChI is InChI=1S/C17H15ClO4/c1-12(2-11-17(19)20)21-14-7-9-16(10-8-14)22-15-5-3-13(18)4-6-15/h2-12H,1H3,(H,19,20). The summed E-state index contributed by atoms with van der Waals surface area (Å²) in [6.45, 7) is 1.76. The summed E-state index contributed by atoms with van der Waals surface area (Å²) in [6.07, 6.45) is 2.20. The monoisotopic (exact) mass is 318 g/mol. The van der Waals surface area contributed by atoms with E-state index in [1.165, 1.54) is 6.08 Å². The summed E-state index contributed by atoms with van der Waals surface area (Å²) in [5, 5.41) is 9.21. The van der Waals surface area contributed by atoms with Crippen LogP contribution in [-0.4, -0.2) is 17.2 Å². The molecule has 0 amide bonds. The Morgan fingerprint density at radius 3 is 2.09 bits per heavy atom. The largest absolute Gasteiger partial charge is 0.487 e. The van der Waals surface area contributed by atoms with Gasteiger partial charge in [0.05, 0.1) is 0 Å². The number of halogens is 1. The molecular formula is C17H15ClO4. The average Bonchev–Trinajstić information content (AvgIpc) is 2.49. The van der Waals surface area contributed by atoms with Crippen LogP contribution in [0.3, 0.4) is 0 Å². The lowest BCUT2D eigenvalue weighted by Crippen LogP contribution is -2.08. The number of carbonyl (C=O) groups is 1. The molecule has 0 bridgehead atoms. The maximum absolute atomic E-state index is 10.4. The zero-order valence-corrected chi connectivity index (χ0v) is 12.7. The van der Waals surface area contributed by atoms with Gasteiger partial charge >= 0.3 is 5.97 Å². The van der Waals surface area contributed by atoms with Crippen LogP contribution < -0.4 is 9.47 Å². The molecule has 2 aromatic carbocycles. The molecule has 1 N–H and O–H groups in total. The molecule has 0 aliphatic carbocycles. The quantitative estimate of drug-likeness (QED) is 0.794. The first-order valence-corrected chi connectivity index (χ1v) is 7.02. The Morgan fingerprint density at radius 2 is 1.55 bits per heavy atom. The number of ether oxygens (including phenoxy) is 2. The van der Waals surface area contributed by atoms with E-state index in [1.54, 1.807) is 55.5 Å². The lowest BCUT2D eigenvalue weighted by Gasteiger charge is -2.11. The normalized spacial score (nSPS) is 12.1. The van der Waals surface area contributed by atoms with Crippen molar-refractivity contribution in [3.05, 3.63) is 65.7 Å². The number of benzene rings is 2. The molecule has 1 unspecified atom stereocenters. The van der Waals surface area contributed by atoms with Crippen LogP contribution in [0.2, 0.25) is 5.02 Å². The van der Waals surface area contributed by atoms with Crippen LogP contribution in [0.5, 0.6) is 17.2 Å². The minimum atomic E-state index is -0.998. The zero-order chi connectivity index (χ0) is 15.9. The lowest BCUT2D eigenvalue weighted by atomic mass is 10.3. The maximum Gasteiger partial charge on any atom is 0.328 e. The highest BCUT2D eigenvalue weighted by atomic mass is 35.5. The first kappa shape index (κ1) is 15.9. The highest BCUT2D eigenvalue weighted by molar-refractivity contribution is 6.30. The number of carboxylic acid groups (broad SMARTS) is 1. The van der Waals surface area contributed by atoms with Gasteiger partial charge in [-0.15, -0.1) is 0 Å². The van der Waals surface area contributed by atoms with E-state index in [-0.39, 0.29) is 6.10 Å². The first-order chi connectivity index (χ1) is 10.5. The van der Waals surface area contributed by atoms with Gasteiger partial charge in [-0.05, 0) is 61.5 Å². The van der Waals surface area contributed by atoms with Gasteiger partial charge in [0.25, 0.3) is 0 Å². The summed E-state index contributed by atoms with van der Waals surface area (Å²) in [6, 6.07) is 14.1. The Hall–Kier alpha value is -2.46. The second kappa shape index (κ2) is 7.52. The van der Waals surface area contributed by atoms with Gasteiger partial charge in [0.15, 0.2) is 0 Å². The molecule has 0 radical (unpaired) electrons. The van der Waals surface area contributed by atoms with Crippen molar-refractivity contribution in [1.82, 2.24) is 0 Å². The molecule has 1 atom stereocenters. The SMILES string of the molecule is CC(C=CC(=O)O)Oc1ccc(Oc2ccc(Cl)cc2)cc1. The molecular weight excluding hydrogens is 304 g/mol. The second-order valence-electron chi connectivity index (χ2n) is 4.55. The van der Waals surface area contributed by atoms with E-state index in [2.05, 4.69) is 0 Å². The van der Waals surface area contributed by atoms with E-state index < -0.39 is 5.97 Å². The van der Waals surface area contributed by atoms with Gasteiger partial charge in [-0.1, -0.05) is 11.6 Å². The Morgan fingerprint density at radius 1 is 1.05 bits per heavy atom. The van der Waals surface area contributed by atoms with Gasteiger partial charge < -0.3 is 14.6 Å². The zero-order valence-electron chi connectivity index (χ0n) is 11.9. The van der Waals surface area contributed by atoms with Gasteiger partial charge in [-0.3, -0.25) is 0 Å². The molecule has 0 saturated heterocycles. The van der Waals surface area contributed by atoms with Crippen molar-refractivity contribution in [2.45, 2.75) is 13.0 Å². The van der Waals surface area contributed by atoms with E-state index in [4.69, 9.17) is 26.2 Å². The van der Waals surface area contributed by atoms with E-state index in [1.807, 2.05) is 0 Å². The summed E-state index contributed by atoms with van der Waals surface area (Å²) >= 11 is 5.81. The van der Waals surface area contributed by atoms with Gasteiger partial charge in [0, 0.05) is 11.1 Å². The Balaban J connectivity index is 1.95. The van der Waals surface area contributed by atoms with Crippen LogP contribution in [0.25, 0.3) is 0 Å². The average molecular weight is 319 g/mol. The molecule has 22 heavy (non-hydrogen) atoms. The first-order valence-electron chi connectivity index (χ1n) is 6.64. The van der Waals surface area contributed by atoms with Crippen molar-refractivity contribution < 1.29 is 19.4 Å². The fourth-order valence-electron chi connectivity index (χ4n) is 1.70. The second-order valence-corrected chi connectivity index (χ2v) is 4.98. The van der Waals surface area contributed by atoms with Crippen LogP contribution in [0.1, 0.15) is 6.92 Å². The van der Waals surface area contributed by atoms with Gasteiger partial charge in [0.1, 0.15) is 23.4 Å². The number of rotatable bonds is 6. The Kier molecular flexibility index (Phi) is 5.44. The predicted octanol–water partition coefficient (Wildman–Crippen LogP) is 4.54. The summed E-state index contributed by atoms with van der Waals surface area (Å²) in [7, 11) is 0. The predicted molar refractivity (Wildman–Crippen MR) is 84.8 cm³/mol. The fourth-order valence-corrected chi connectivity index (χ4v) is 1.82. The molecule has 0 saturated carbocycles. The van der Waals surface area contributed by atoms with Crippen LogP contribution in [0, 0.1) is 0 Å². The Bertz CT molecular complexity index is 647. The summed E-state index contributed by atoms with van der Waals surface area (Å²) in [5.74, 6) is 0.993. The molecule has 0 aromatic heterocycles. The van der Waals surface area contributed by atoms with Crippen molar-refractivity contribution in [3.8, 4) is 17.2 Å². The topological polar surface area (TPSA) is 55.8 Å². The minimum absolute atomic E-state index is 0.334. The van der Waals surface area contributed by atoms with Crippen molar-refractivity contribution in [2.75, 3.05) is 0 Å². The smallest absolute Gasteiger partial charge is 0.328 e. The highest BCUT2D eigenvalue weighted by Crippen LogP contribution is 2.25.